The summed E-state index contributed by atoms with van der Waals surface area (Å²) >= 11 is 0. The fourth-order valence-corrected chi connectivity index (χ4v) is 2.30. The van der Waals surface area contributed by atoms with E-state index in [0.29, 0.717) is 6.42 Å². The Labute approximate surface area is 141 Å². The number of nitrogens with two attached hydrogens (primary N) is 1. The molecule has 4 N–H and O–H groups in total. The van der Waals surface area contributed by atoms with Crippen molar-refractivity contribution in [1.82, 2.24) is 5.32 Å². The van der Waals surface area contributed by atoms with E-state index in [4.69, 9.17) is 15.9 Å². The lowest BCUT2D eigenvalue weighted by Crippen LogP contribution is -2.39. The molecule has 0 aliphatic rings. The van der Waals surface area contributed by atoms with Gasteiger partial charge in [0.15, 0.2) is 5.96 Å². The van der Waals surface area contributed by atoms with Crippen LogP contribution in [0.5, 0.6) is 5.75 Å². The number of halogens is 1. The first-order chi connectivity index (χ1) is 10.6. The highest BCUT2D eigenvalue weighted by molar-refractivity contribution is 5.98. The third-order valence-electron chi connectivity index (χ3n) is 3.35. The number of ether oxygens (including phenoxy) is 1. The third kappa shape index (κ3) is 5.30. The van der Waals surface area contributed by atoms with E-state index in [9.17, 15) is 4.79 Å². The Hall–Kier alpha value is -2.53. The van der Waals surface area contributed by atoms with Gasteiger partial charge in [0, 0.05) is 0 Å². The molecule has 0 aliphatic carbocycles. The highest BCUT2D eigenvalue weighted by Crippen LogP contribution is 2.23. The van der Waals surface area contributed by atoms with Crippen molar-refractivity contribution in [2.24, 2.45) is 5.73 Å². The molecule has 0 aromatic heterocycles. The van der Waals surface area contributed by atoms with E-state index in [1.807, 2.05) is 54.6 Å². The molecule has 2 aromatic rings. The second kappa shape index (κ2) is 8.80. The number of guanidine groups is 1. The number of hydrogen-bond donors (Lipinski definition) is 3. The average Bonchev–Trinajstić information content (AvgIpc) is 2.53. The van der Waals surface area contributed by atoms with Crippen molar-refractivity contribution in [2.45, 2.75) is 12.3 Å². The number of amides is 1. The summed E-state index contributed by atoms with van der Waals surface area (Å²) in [5.74, 6) is -0.313. The Morgan fingerprint density at radius 2 is 1.91 bits per heavy atom. The zero-order chi connectivity index (χ0) is 15.9. The van der Waals surface area contributed by atoms with Crippen LogP contribution in [0.15, 0.2) is 54.6 Å². The lowest BCUT2D eigenvalue weighted by atomic mass is 9.91. The number of carbonyl (C=O) groups excluding carboxylic acids is 1. The Kier molecular flexibility index (Phi) is 7.09. The molecule has 2 rings (SSSR count). The van der Waals surface area contributed by atoms with E-state index in [1.165, 1.54) is 0 Å². The van der Waals surface area contributed by atoms with Crippen molar-refractivity contribution < 1.29 is 9.53 Å². The van der Waals surface area contributed by atoms with Crippen molar-refractivity contribution in [1.29, 1.82) is 5.41 Å². The van der Waals surface area contributed by atoms with Crippen molar-refractivity contribution in [3.05, 3.63) is 65.7 Å². The number of methoxy groups -OCH3 is 1. The molecule has 0 saturated carbocycles. The summed E-state index contributed by atoms with van der Waals surface area (Å²) in [5.41, 5.74) is 7.14. The van der Waals surface area contributed by atoms with Gasteiger partial charge in [0.1, 0.15) is 5.75 Å². The lowest BCUT2D eigenvalue weighted by molar-refractivity contribution is -0.121. The molecule has 1 unspecified atom stereocenters. The molecule has 0 bridgehead atoms. The quantitative estimate of drug-likeness (QED) is 0.580. The molecule has 122 valence electrons. The summed E-state index contributed by atoms with van der Waals surface area (Å²) in [7, 11) is 1.61. The Morgan fingerprint density at radius 3 is 2.52 bits per heavy atom. The van der Waals surface area contributed by atoms with Crippen LogP contribution in [0, 0.1) is 5.41 Å². The standard InChI is InChI=1S/C17H19N3O2.ClH/c1-22-14-9-5-6-12(10-14)11-15(16(21)20-17(18)19)13-7-3-2-4-8-13;/h2-10,15H,11H2,1H3,(H4,18,19,20,21);1H. The summed E-state index contributed by atoms with van der Waals surface area (Å²) in [6.07, 6.45) is 0.500. The Bertz CT molecular complexity index is 662. The first-order valence-electron chi connectivity index (χ1n) is 6.93. The number of rotatable bonds is 5. The van der Waals surface area contributed by atoms with E-state index in [0.717, 1.165) is 16.9 Å². The molecular formula is C17H20ClN3O2. The second-order valence-electron chi connectivity index (χ2n) is 4.92. The van der Waals surface area contributed by atoms with Crippen LogP contribution < -0.4 is 15.8 Å². The molecule has 1 atom stereocenters. The van der Waals surface area contributed by atoms with Crippen molar-refractivity contribution in [3.8, 4) is 5.75 Å². The van der Waals surface area contributed by atoms with Crippen LogP contribution in [-0.4, -0.2) is 19.0 Å². The van der Waals surface area contributed by atoms with E-state index in [2.05, 4.69) is 5.32 Å². The van der Waals surface area contributed by atoms with Gasteiger partial charge in [-0.2, -0.15) is 0 Å². The van der Waals surface area contributed by atoms with Gasteiger partial charge in [0.2, 0.25) is 5.91 Å². The van der Waals surface area contributed by atoms with E-state index in [-0.39, 0.29) is 24.3 Å². The van der Waals surface area contributed by atoms with Gasteiger partial charge < -0.3 is 10.5 Å². The van der Waals surface area contributed by atoms with Gasteiger partial charge >= 0.3 is 0 Å². The van der Waals surface area contributed by atoms with Crippen LogP contribution in [0.1, 0.15) is 17.0 Å². The summed E-state index contributed by atoms with van der Waals surface area (Å²) in [6, 6.07) is 17.0. The normalized spacial score (nSPS) is 11.0. The van der Waals surface area contributed by atoms with Crippen LogP contribution >= 0.6 is 12.4 Å². The molecular weight excluding hydrogens is 314 g/mol. The van der Waals surface area contributed by atoms with Gasteiger partial charge in [-0.1, -0.05) is 42.5 Å². The number of carbonyl (C=O) groups is 1. The molecule has 2 aromatic carbocycles. The molecule has 5 nitrogen and oxygen atoms in total. The van der Waals surface area contributed by atoms with Crippen LogP contribution in [0.3, 0.4) is 0 Å². The number of benzene rings is 2. The minimum absolute atomic E-state index is 0. The van der Waals surface area contributed by atoms with Gasteiger partial charge in [-0.05, 0) is 29.7 Å². The minimum Gasteiger partial charge on any atom is -0.497 e. The topological polar surface area (TPSA) is 88.2 Å². The molecule has 0 aliphatic heterocycles. The van der Waals surface area contributed by atoms with E-state index >= 15 is 0 Å². The number of hydrogen-bond acceptors (Lipinski definition) is 3. The van der Waals surface area contributed by atoms with Gasteiger partial charge in [-0.25, -0.2) is 0 Å². The zero-order valence-corrected chi connectivity index (χ0v) is 13.6. The van der Waals surface area contributed by atoms with Crippen molar-refractivity contribution in [3.63, 3.8) is 0 Å². The number of nitrogens with one attached hydrogen (secondary N) is 2. The van der Waals surface area contributed by atoms with Crippen molar-refractivity contribution in [2.75, 3.05) is 7.11 Å². The van der Waals surface area contributed by atoms with Gasteiger partial charge in [0.25, 0.3) is 0 Å². The molecule has 0 radical (unpaired) electrons. The summed E-state index contributed by atoms with van der Waals surface area (Å²) in [4.78, 5) is 12.3. The van der Waals surface area contributed by atoms with Crippen LogP contribution in [0.4, 0.5) is 0 Å². The van der Waals surface area contributed by atoms with E-state index < -0.39 is 5.92 Å². The average molecular weight is 334 g/mol. The van der Waals surface area contributed by atoms with Crippen LogP contribution in [0.25, 0.3) is 0 Å². The van der Waals surface area contributed by atoms with Gasteiger partial charge in [-0.15, -0.1) is 12.4 Å². The van der Waals surface area contributed by atoms with Gasteiger partial charge in [0.05, 0.1) is 13.0 Å². The maximum absolute atomic E-state index is 12.3. The zero-order valence-electron chi connectivity index (χ0n) is 12.8. The Balaban J connectivity index is 0.00000264. The SMILES string of the molecule is COc1cccc(CC(C(=O)NC(=N)N)c2ccccc2)c1.Cl. The highest BCUT2D eigenvalue weighted by atomic mass is 35.5. The molecule has 6 heteroatoms. The molecule has 0 fully saturated rings. The molecule has 0 saturated heterocycles. The predicted molar refractivity (Wildman–Crippen MR) is 93.2 cm³/mol. The monoisotopic (exact) mass is 333 g/mol. The first-order valence-corrected chi connectivity index (χ1v) is 6.93. The summed E-state index contributed by atoms with van der Waals surface area (Å²) in [5, 5.41) is 9.63. The smallest absolute Gasteiger partial charge is 0.234 e. The molecule has 0 heterocycles. The Morgan fingerprint density at radius 1 is 1.22 bits per heavy atom. The van der Waals surface area contributed by atoms with Crippen LogP contribution in [0.2, 0.25) is 0 Å². The lowest BCUT2D eigenvalue weighted by Gasteiger charge is -2.17. The fraction of sp³-hybridized carbons (Fsp3) is 0.176. The van der Waals surface area contributed by atoms with Gasteiger partial charge in [-0.3, -0.25) is 15.5 Å². The highest BCUT2D eigenvalue weighted by Gasteiger charge is 2.21. The first kappa shape index (κ1) is 18.5. The molecule has 1 amide bonds. The molecule has 0 spiro atoms. The summed E-state index contributed by atoms with van der Waals surface area (Å²) < 4.78 is 5.21. The fourth-order valence-electron chi connectivity index (χ4n) is 2.30. The van der Waals surface area contributed by atoms with Crippen LogP contribution in [-0.2, 0) is 11.2 Å². The third-order valence-corrected chi connectivity index (χ3v) is 3.35. The molecule has 23 heavy (non-hydrogen) atoms. The maximum Gasteiger partial charge on any atom is 0.234 e. The maximum atomic E-state index is 12.3. The largest absolute Gasteiger partial charge is 0.497 e. The van der Waals surface area contributed by atoms with E-state index in [1.54, 1.807) is 7.11 Å². The second-order valence-corrected chi connectivity index (χ2v) is 4.92. The van der Waals surface area contributed by atoms with Crippen molar-refractivity contribution >= 4 is 24.3 Å². The summed E-state index contributed by atoms with van der Waals surface area (Å²) in [6.45, 7) is 0. The minimum atomic E-state index is -0.419. The predicted octanol–water partition coefficient (Wildman–Crippen LogP) is 2.45.